The number of nitrogens with two attached hydrogens (primary N) is 1. The third kappa shape index (κ3) is 1.85. The maximum atomic E-state index is 9.46. The lowest BCUT2D eigenvalue weighted by Crippen LogP contribution is -2.16. The molecular weight excluding hydrogens is 264 g/mol. The van der Waals surface area contributed by atoms with Gasteiger partial charge in [0.1, 0.15) is 23.5 Å². The third-order valence-electron chi connectivity index (χ3n) is 4.29. The van der Waals surface area contributed by atoms with Crippen molar-refractivity contribution in [3.63, 3.8) is 0 Å². The minimum atomic E-state index is 0.255. The van der Waals surface area contributed by atoms with Crippen molar-refractivity contribution in [2.75, 3.05) is 5.73 Å². The number of nitrogens with zero attached hydrogens (tertiary/aromatic N) is 3. The maximum Gasteiger partial charge on any atom is 0.146 e. The molecule has 21 heavy (non-hydrogen) atoms. The number of phenolic OH excluding ortho intramolecular Hbond substituents is 1. The van der Waals surface area contributed by atoms with Crippen molar-refractivity contribution in [1.29, 1.82) is 0 Å². The Bertz CT molecular complexity index is 803. The topological polar surface area (TPSA) is 77.0 Å². The van der Waals surface area contributed by atoms with Gasteiger partial charge in [-0.2, -0.15) is 0 Å². The molecule has 0 bridgehead atoms. The monoisotopic (exact) mass is 280 g/mol. The van der Waals surface area contributed by atoms with Crippen LogP contribution in [0, 0.1) is 0 Å². The Morgan fingerprint density at radius 2 is 1.90 bits per heavy atom. The molecule has 0 atom stereocenters. The number of aromatic hydroxyl groups is 1. The second kappa shape index (κ2) is 4.48. The lowest BCUT2D eigenvalue weighted by Gasteiger charge is -2.27. The minimum Gasteiger partial charge on any atom is -0.508 e. The molecule has 0 spiro atoms. The van der Waals surface area contributed by atoms with E-state index in [-0.39, 0.29) is 5.75 Å². The number of anilines is 1. The molecular formula is C16H16N4O. The lowest BCUT2D eigenvalue weighted by molar-refractivity contribution is 0.320. The van der Waals surface area contributed by atoms with E-state index in [1.807, 2.05) is 12.1 Å². The molecule has 3 aromatic rings. The summed E-state index contributed by atoms with van der Waals surface area (Å²) in [7, 11) is 0. The number of hydrogen-bond acceptors (Lipinski definition) is 4. The summed E-state index contributed by atoms with van der Waals surface area (Å²) in [4.78, 5) is 8.56. The molecule has 0 saturated heterocycles. The van der Waals surface area contributed by atoms with Gasteiger partial charge in [-0.3, -0.25) is 0 Å². The molecule has 1 aliphatic rings. The second-order valence-electron chi connectivity index (χ2n) is 5.54. The van der Waals surface area contributed by atoms with Crippen LogP contribution in [-0.4, -0.2) is 19.6 Å². The minimum absolute atomic E-state index is 0.255. The highest BCUT2D eigenvalue weighted by atomic mass is 16.3. The first-order valence-corrected chi connectivity index (χ1v) is 7.14. The predicted molar refractivity (Wildman–Crippen MR) is 81.9 cm³/mol. The van der Waals surface area contributed by atoms with E-state index in [0.717, 1.165) is 22.2 Å². The Hall–Kier alpha value is -2.56. The zero-order chi connectivity index (χ0) is 14.4. The van der Waals surface area contributed by atoms with Crippen molar-refractivity contribution in [3.05, 3.63) is 36.8 Å². The summed E-state index contributed by atoms with van der Waals surface area (Å²) in [6.45, 7) is 0. The molecule has 0 amide bonds. The van der Waals surface area contributed by atoms with Crippen molar-refractivity contribution in [1.82, 2.24) is 14.5 Å². The fraction of sp³-hybridized carbons (Fsp3) is 0.250. The SMILES string of the molecule is Nc1ncnc2c1c(-c1ccc(O)cc1)cn2C1CCC1. The Kier molecular flexibility index (Phi) is 2.60. The largest absolute Gasteiger partial charge is 0.508 e. The van der Waals surface area contributed by atoms with Crippen LogP contribution in [0.5, 0.6) is 5.75 Å². The summed E-state index contributed by atoms with van der Waals surface area (Å²) in [5, 5.41) is 10.4. The number of benzene rings is 1. The van der Waals surface area contributed by atoms with Gasteiger partial charge in [-0.25, -0.2) is 9.97 Å². The highest BCUT2D eigenvalue weighted by molar-refractivity contribution is 6.00. The molecule has 1 aliphatic carbocycles. The van der Waals surface area contributed by atoms with Crippen molar-refractivity contribution >= 4 is 16.9 Å². The standard InChI is InChI=1S/C16H16N4O/c17-15-14-13(10-4-6-12(21)7-5-10)8-20(11-2-1-3-11)16(14)19-9-18-15/h4-9,11,21H,1-3H2,(H2,17,18,19). The molecule has 1 saturated carbocycles. The smallest absolute Gasteiger partial charge is 0.146 e. The molecule has 2 aromatic heterocycles. The fourth-order valence-corrected chi connectivity index (χ4v) is 2.91. The van der Waals surface area contributed by atoms with E-state index in [2.05, 4.69) is 20.7 Å². The zero-order valence-electron chi connectivity index (χ0n) is 11.5. The van der Waals surface area contributed by atoms with Gasteiger partial charge in [0, 0.05) is 17.8 Å². The van der Waals surface area contributed by atoms with Gasteiger partial charge in [0.05, 0.1) is 5.39 Å². The maximum absolute atomic E-state index is 9.46. The lowest BCUT2D eigenvalue weighted by atomic mass is 9.93. The summed E-state index contributed by atoms with van der Waals surface area (Å²) in [5.74, 6) is 0.756. The molecule has 0 unspecified atom stereocenters. The summed E-state index contributed by atoms with van der Waals surface area (Å²) in [6, 6.07) is 7.65. The van der Waals surface area contributed by atoms with Crippen LogP contribution in [0.4, 0.5) is 5.82 Å². The summed E-state index contributed by atoms with van der Waals surface area (Å²) in [6.07, 6.45) is 7.27. The number of nitrogen functional groups attached to an aromatic ring is 1. The molecule has 0 aliphatic heterocycles. The van der Waals surface area contributed by atoms with Crippen LogP contribution in [0.2, 0.25) is 0 Å². The van der Waals surface area contributed by atoms with Crippen molar-refractivity contribution in [3.8, 4) is 16.9 Å². The van der Waals surface area contributed by atoms with Gasteiger partial charge in [0.25, 0.3) is 0 Å². The van der Waals surface area contributed by atoms with Crippen molar-refractivity contribution in [2.45, 2.75) is 25.3 Å². The van der Waals surface area contributed by atoms with Gasteiger partial charge in [-0.15, -0.1) is 0 Å². The van der Waals surface area contributed by atoms with Crippen LogP contribution in [0.15, 0.2) is 36.8 Å². The molecule has 5 heteroatoms. The van der Waals surface area contributed by atoms with Gasteiger partial charge in [0.2, 0.25) is 0 Å². The van der Waals surface area contributed by atoms with Crippen LogP contribution in [0.3, 0.4) is 0 Å². The van der Waals surface area contributed by atoms with E-state index in [0.29, 0.717) is 11.9 Å². The molecule has 1 aromatic carbocycles. The quantitative estimate of drug-likeness (QED) is 0.756. The zero-order valence-corrected chi connectivity index (χ0v) is 11.5. The summed E-state index contributed by atoms with van der Waals surface area (Å²) in [5.41, 5.74) is 9.02. The van der Waals surface area contributed by atoms with Crippen LogP contribution in [0.25, 0.3) is 22.2 Å². The average molecular weight is 280 g/mol. The Morgan fingerprint density at radius 3 is 2.57 bits per heavy atom. The van der Waals surface area contributed by atoms with Crippen molar-refractivity contribution in [2.24, 2.45) is 0 Å². The van der Waals surface area contributed by atoms with E-state index in [1.54, 1.807) is 12.1 Å². The highest BCUT2D eigenvalue weighted by Crippen LogP contribution is 2.39. The fourth-order valence-electron chi connectivity index (χ4n) is 2.91. The summed E-state index contributed by atoms with van der Waals surface area (Å²) < 4.78 is 2.22. The number of phenols is 1. The number of rotatable bonds is 2. The molecule has 3 N–H and O–H groups in total. The number of hydrogen-bond donors (Lipinski definition) is 2. The van der Waals surface area contributed by atoms with Crippen LogP contribution >= 0.6 is 0 Å². The van der Waals surface area contributed by atoms with Gasteiger partial charge >= 0.3 is 0 Å². The Balaban J connectivity index is 1.97. The van der Waals surface area contributed by atoms with Gasteiger partial charge < -0.3 is 15.4 Å². The van der Waals surface area contributed by atoms with Gasteiger partial charge in [-0.1, -0.05) is 12.1 Å². The highest BCUT2D eigenvalue weighted by Gasteiger charge is 2.24. The van der Waals surface area contributed by atoms with Crippen molar-refractivity contribution < 1.29 is 5.11 Å². The first-order valence-electron chi connectivity index (χ1n) is 7.14. The van der Waals surface area contributed by atoms with E-state index in [9.17, 15) is 5.11 Å². The molecule has 0 radical (unpaired) electrons. The van der Waals surface area contributed by atoms with Gasteiger partial charge in [-0.05, 0) is 37.0 Å². The molecule has 4 rings (SSSR count). The first kappa shape index (κ1) is 12.2. The van der Waals surface area contributed by atoms with Crippen LogP contribution in [0.1, 0.15) is 25.3 Å². The van der Waals surface area contributed by atoms with E-state index in [4.69, 9.17) is 5.73 Å². The molecule has 106 valence electrons. The second-order valence-corrected chi connectivity index (χ2v) is 5.54. The van der Waals surface area contributed by atoms with Gasteiger partial charge in [0.15, 0.2) is 0 Å². The summed E-state index contributed by atoms with van der Waals surface area (Å²) >= 11 is 0. The number of aromatic nitrogens is 3. The number of fused-ring (bicyclic) bond motifs is 1. The van der Waals surface area contributed by atoms with Crippen LogP contribution < -0.4 is 5.73 Å². The van der Waals surface area contributed by atoms with E-state index in [1.165, 1.54) is 25.6 Å². The van der Waals surface area contributed by atoms with E-state index < -0.39 is 0 Å². The Morgan fingerprint density at radius 1 is 1.14 bits per heavy atom. The first-order chi connectivity index (χ1) is 10.2. The third-order valence-corrected chi connectivity index (χ3v) is 4.29. The Labute approximate surface area is 122 Å². The molecule has 1 fully saturated rings. The normalized spacial score (nSPS) is 15.2. The van der Waals surface area contributed by atoms with Crippen LogP contribution in [-0.2, 0) is 0 Å². The molecule has 2 heterocycles. The van der Waals surface area contributed by atoms with E-state index >= 15 is 0 Å². The molecule has 5 nitrogen and oxygen atoms in total. The predicted octanol–water partition coefficient (Wildman–Crippen LogP) is 3.11. The average Bonchev–Trinajstić information content (AvgIpc) is 2.79.